The van der Waals surface area contributed by atoms with E-state index in [1.807, 2.05) is 25.1 Å². The van der Waals surface area contributed by atoms with Gasteiger partial charge in [-0.25, -0.2) is 4.39 Å². The van der Waals surface area contributed by atoms with Gasteiger partial charge in [0.2, 0.25) is 0 Å². The van der Waals surface area contributed by atoms with E-state index in [2.05, 4.69) is 0 Å². The quantitative estimate of drug-likeness (QED) is 0.558. The highest BCUT2D eigenvalue weighted by Gasteiger charge is 2.28. The lowest BCUT2D eigenvalue weighted by Gasteiger charge is -2.15. The van der Waals surface area contributed by atoms with E-state index in [1.165, 1.54) is 6.07 Å². The molecular formula is C20H21FO3. The first-order valence-electron chi connectivity index (χ1n) is 8.30. The number of benzene rings is 2. The number of esters is 1. The van der Waals surface area contributed by atoms with Gasteiger partial charge in [-0.3, -0.25) is 4.79 Å². The lowest BCUT2D eigenvalue weighted by molar-refractivity contribution is -0.134. The number of carbonyl (C=O) groups excluding carboxylic acids is 1. The van der Waals surface area contributed by atoms with E-state index in [-0.39, 0.29) is 24.1 Å². The Bertz CT molecular complexity index is 751. The van der Waals surface area contributed by atoms with Crippen LogP contribution in [0.3, 0.4) is 0 Å². The number of carbonyl (C=O) groups is 1. The first kappa shape index (κ1) is 16.5. The Hall–Kier alpha value is -2.36. The molecule has 1 aliphatic carbocycles. The molecule has 0 radical (unpaired) electrons. The summed E-state index contributed by atoms with van der Waals surface area (Å²) in [4.78, 5) is 11.7. The van der Waals surface area contributed by atoms with Gasteiger partial charge in [-0.15, -0.1) is 0 Å². The van der Waals surface area contributed by atoms with Gasteiger partial charge >= 0.3 is 5.97 Å². The van der Waals surface area contributed by atoms with Gasteiger partial charge in [0, 0.05) is 12.0 Å². The Morgan fingerprint density at radius 2 is 2.00 bits per heavy atom. The number of ether oxygens (including phenoxy) is 2. The summed E-state index contributed by atoms with van der Waals surface area (Å²) in [6.07, 6.45) is 2.55. The summed E-state index contributed by atoms with van der Waals surface area (Å²) in [6.45, 7) is 3.77. The molecule has 0 heterocycles. The third kappa shape index (κ3) is 3.75. The molecule has 1 saturated carbocycles. The molecule has 3 rings (SSSR count). The zero-order chi connectivity index (χ0) is 17.1. The highest BCUT2D eigenvalue weighted by atomic mass is 19.1. The molecule has 0 N–H and O–H groups in total. The van der Waals surface area contributed by atoms with Crippen LogP contribution in [-0.2, 0) is 11.4 Å². The van der Waals surface area contributed by atoms with Crippen LogP contribution in [0.2, 0.25) is 0 Å². The summed E-state index contributed by atoms with van der Waals surface area (Å²) in [5.41, 5.74) is 2.81. The van der Waals surface area contributed by atoms with Gasteiger partial charge in [0.05, 0.1) is 0 Å². The van der Waals surface area contributed by atoms with Crippen molar-refractivity contribution in [2.75, 3.05) is 0 Å². The smallest absolute Gasteiger partial charge is 0.310 e. The number of hydrogen-bond donors (Lipinski definition) is 0. The van der Waals surface area contributed by atoms with Gasteiger partial charge in [0.15, 0.2) is 11.6 Å². The van der Waals surface area contributed by atoms with Crippen molar-refractivity contribution in [3.05, 3.63) is 58.9 Å². The van der Waals surface area contributed by atoms with Crippen molar-refractivity contribution in [2.24, 2.45) is 0 Å². The molecule has 1 fully saturated rings. The predicted octanol–water partition coefficient (Wildman–Crippen LogP) is 4.91. The van der Waals surface area contributed by atoms with Crippen molar-refractivity contribution in [1.29, 1.82) is 0 Å². The number of halogens is 1. The third-order valence-corrected chi connectivity index (χ3v) is 4.16. The van der Waals surface area contributed by atoms with Crippen molar-refractivity contribution in [3.63, 3.8) is 0 Å². The summed E-state index contributed by atoms with van der Waals surface area (Å²) in [5.74, 6) is 0.529. The second-order valence-corrected chi connectivity index (χ2v) is 6.15. The van der Waals surface area contributed by atoms with Crippen LogP contribution in [0.1, 0.15) is 48.8 Å². The molecule has 2 aromatic carbocycles. The second kappa shape index (κ2) is 7.04. The molecule has 4 heteroatoms. The molecule has 0 aromatic heterocycles. The molecule has 0 saturated heterocycles. The Morgan fingerprint density at radius 1 is 1.21 bits per heavy atom. The van der Waals surface area contributed by atoms with Crippen LogP contribution >= 0.6 is 0 Å². The molecule has 0 amide bonds. The largest absolute Gasteiger partial charge is 0.486 e. The summed E-state index contributed by atoms with van der Waals surface area (Å²) in [7, 11) is 0. The van der Waals surface area contributed by atoms with Gasteiger partial charge < -0.3 is 9.47 Å². The number of rotatable bonds is 6. The maximum atomic E-state index is 14.0. The molecule has 24 heavy (non-hydrogen) atoms. The van der Waals surface area contributed by atoms with E-state index >= 15 is 0 Å². The molecule has 0 aliphatic heterocycles. The van der Waals surface area contributed by atoms with E-state index < -0.39 is 0 Å². The topological polar surface area (TPSA) is 35.5 Å². The molecule has 3 nitrogen and oxygen atoms in total. The van der Waals surface area contributed by atoms with Crippen molar-refractivity contribution in [2.45, 2.75) is 45.6 Å². The van der Waals surface area contributed by atoms with Crippen LogP contribution in [0, 0.1) is 12.7 Å². The van der Waals surface area contributed by atoms with E-state index in [9.17, 15) is 9.18 Å². The molecule has 0 bridgehead atoms. The van der Waals surface area contributed by atoms with E-state index in [0.29, 0.717) is 18.1 Å². The predicted molar refractivity (Wildman–Crippen MR) is 89.8 cm³/mol. The summed E-state index contributed by atoms with van der Waals surface area (Å²) >= 11 is 0. The Balaban J connectivity index is 1.85. The van der Waals surface area contributed by atoms with Crippen LogP contribution in [0.15, 0.2) is 36.4 Å². The molecule has 2 aromatic rings. The van der Waals surface area contributed by atoms with Gasteiger partial charge in [0.25, 0.3) is 0 Å². The Kier molecular flexibility index (Phi) is 4.84. The standard InChI is InChI=1S/C20H21FO3/c1-3-20(22)24-18-6-4-5-15(14-8-9-14)16(18)12-23-19-10-7-13(2)11-17(19)21/h4-7,10-11,14H,3,8-9,12H2,1-2H3. The lowest BCUT2D eigenvalue weighted by atomic mass is 10.0. The average molecular weight is 328 g/mol. The molecule has 0 atom stereocenters. The van der Waals surface area contributed by atoms with Crippen molar-refractivity contribution in [1.82, 2.24) is 0 Å². The molecule has 0 spiro atoms. The van der Waals surface area contributed by atoms with Crippen LogP contribution in [0.25, 0.3) is 0 Å². The number of hydrogen-bond acceptors (Lipinski definition) is 3. The first-order chi connectivity index (χ1) is 11.6. The SMILES string of the molecule is CCC(=O)Oc1cccc(C2CC2)c1COc1ccc(C)cc1F. The van der Waals surface area contributed by atoms with Gasteiger partial charge in [0.1, 0.15) is 12.4 Å². The second-order valence-electron chi connectivity index (χ2n) is 6.15. The number of aryl methyl sites for hydroxylation is 1. The van der Waals surface area contributed by atoms with E-state index in [0.717, 1.165) is 29.5 Å². The fourth-order valence-electron chi connectivity index (χ4n) is 2.68. The zero-order valence-corrected chi connectivity index (χ0v) is 14.0. The van der Waals surface area contributed by atoms with Crippen LogP contribution < -0.4 is 9.47 Å². The summed E-state index contributed by atoms with van der Waals surface area (Å²) in [5, 5.41) is 0. The normalized spacial score (nSPS) is 13.6. The van der Waals surface area contributed by atoms with Gasteiger partial charge in [-0.05, 0) is 55.0 Å². The molecule has 126 valence electrons. The van der Waals surface area contributed by atoms with Gasteiger partial charge in [-0.2, -0.15) is 0 Å². The minimum absolute atomic E-state index is 0.180. The van der Waals surface area contributed by atoms with Gasteiger partial charge in [-0.1, -0.05) is 25.1 Å². The van der Waals surface area contributed by atoms with Crippen LogP contribution in [0.4, 0.5) is 4.39 Å². The minimum atomic E-state index is -0.383. The monoisotopic (exact) mass is 328 g/mol. The minimum Gasteiger partial charge on any atom is -0.486 e. The van der Waals surface area contributed by atoms with Crippen molar-refractivity contribution >= 4 is 5.97 Å². The summed E-state index contributed by atoms with van der Waals surface area (Å²) in [6, 6.07) is 10.6. The van der Waals surface area contributed by atoms with Crippen LogP contribution in [-0.4, -0.2) is 5.97 Å². The van der Waals surface area contributed by atoms with E-state index in [1.54, 1.807) is 19.1 Å². The maximum Gasteiger partial charge on any atom is 0.310 e. The molecule has 0 unspecified atom stereocenters. The molecular weight excluding hydrogens is 307 g/mol. The highest BCUT2D eigenvalue weighted by molar-refractivity contribution is 5.72. The van der Waals surface area contributed by atoms with Crippen molar-refractivity contribution in [3.8, 4) is 11.5 Å². The maximum absolute atomic E-state index is 14.0. The van der Waals surface area contributed by atoms with E-state index in [4.69, 9.17) is 9.47 Å². The van der Waals surface area contributed by atoms with Crippen molar-refractivity contribution < 1.29 is 18.7 Å². The third-order valence-electron chi connectivity index (χ3n) is 4.16. The average Bonchev–Trinajstić information content (AvgIpc) is 3.39. The van der Waals surface area contributed by atoms with Crippen LogP contribution in [0.5, 0.6) is 11.5 Å². The zero-order valence-electron chi connectivity index (χ0n) is 14.0. The Morgan fingerprint density at radius 3 is 2.67 bits per heavy atom. The fourth-order valence-corrected chi connectivity index (χ4v) is 2.68. The lowest BCUT2D eigenvalue weighted by Crippen LogP contribution is -2.10. The fraction of sp³-hybridized carbons (Fsp3) is 0.350. The highest BCUT2D eigenvalue weighted by Crippen LogP contribution is 2.44. The molecule has 1 aliphatic rings. The first-order valence-corrected chi connectivity index (χ1v) is 8.30. The summed E-state index contributed by atoms with van der Waals surface area (Å²) < 4.78 is 25.1. The Labute approximate surface area is 141 Å².